The van der Waals surface area contributed by atoms with Crippen LogP contribution < -0.4 is 5.73 Å². The molecule has 1 rings (SSSR count). The van der Waals surface area contributed by atoms with E-state index in [4.69, 9.17) is 10.8 Å². The Morgan fingerprint density at radius 2 is 2.20 bits per heavy atom. The van der Waals surface area contributed by atoms with Gasteiger partial charge < -0.3 is 15.7 Å². The topological polar surface area (TPSA) is 66.6 Å². The summed E-state index contributed by atoms with van der Waals surface area (Å²) in [5, 5.41) is 8.77. The summed E-state index contributed by atoms with van der Waals surface area (Å²) in [5.74, 6) is -1.00. The molecule has 3 N–H and O–H groups in total. The first-order valence-electron chi connectivity index (χ1n) is 4.72. The van der Waals surface area contributed by atoms with Crippen LogP contribution in [0.2, 0.25) is 0 Å². The van der Waals surface area contributed by atoms with Crippen LogP contribution in [0.4, 0.5) is 0 Å². The predicted molar refractivity (Wildman–Crippen MR) is 58.4 cm³/mol. The maximum atomic E-state index is 10.7. The number of carboxylic acids is 1. The molecule has 1 atom stereocenters. The number of hydrogen-bond donors (Lipinski definition) is 2. The zero-order valence-corrected chi connectivity index (χ0v) is 8.97. The second kappa shape index (κ2) is 4.91. The fourth-order valence-corrected chi connectivity index (χ4v) is 1.39. The molecule has 1 aromatic carbocycles. The second-order valence-electron chi connectivity index (χ2n) is 3.80. The van der Waals surface area contributed by atoms with Gasteiger partial charge in [0.25, 0.3) is 0 Å². The van der Waals surface area contributed by atoms with Crippen LogP contribution in [0.3, 0.4) is 0 Å². The fraction of sp³-hybridized carbons (Fsp3) is 0.364. The molecule has 0 saturated carbocycles. The van der Waals surface area contributed by atoms with E-state index in [1.807, 2.05) is 37.2 Å². The van der Waals surface area contributed by atoms with Crippen molar-refractivity contribution in [2.24, 2.45) is 5.73 Å². The van der Waals surface area contributed by atoms with Crippen LogP contribution in [0.15, 0.2) is 24.3 Å². The van der Waals surface area contributed by atoms with E-state index in [0.29, 0.717) is 5.56 Å². The van der Waals surface area contributed by atoms with E-state index < -0.39 is 12.0 Å². The van der Waals surface area contributed by atoms with Crippen LogP contribution in [0.1, 0.15) is 17.2 Å². The minimum Gasteiger partial charge on any atom is -0.480 e. The molecular weight excluding hydrogens is 192 g/mol. The van der Waals surface area contributed by atoms with E-state index in [1.54, 1.807) is 6.07 Å². The number of rotatable bonds is 4. The van der Waals surface area contributed by atoms with E-state index in [2.05, 4.69) is 0 Å². The Labute approximate surface area is 89.3 Å². The second-order valence-corrected chi connectivity index (χ2v) is 3.80. The van der Waals surface area contributed by atoms with E-state index in [9.17, 15) is 4.79 Å². The number of benzene rings is 1. The van der Waals surface area contributed by atoms with Crippen LogP contribution in [-0.4, -0.2) is 30.1 Å². The maximum Gasteiger partial charge on any atom is 0.325 e. The zero-order chi connectivity index (χ0) is 11.4. The first-order chi connectivity index (χ1) is 7.00. The summed E-state index contributed by atoms with van der Waals surface area (Å²) in [7, 11) is 3.92. The molecule has 0 amide bonds. The van der Waals surface area contributed by atoms with Gasteiger partial charge in [-0.15, -0.1) is 0 Å². The van der Waals surface area contributed by atoms with E-state index in [1.165, 1.54) is 0 Å². The minimum atomic E-state index is -1.00. The van der Waals surface area contributed by atoms with Crippen molar-refractivity contribution in [1.29, 1.82) is 0 Å². The Balaban J connectivity index is 2.87. The van der Waals surface area contributed by atoms with Crippen molar-refractivity contribution in [2.45, 2.75) is 12.6 Å². The average molecular weight is 208 g/mol. The molecule has 0 saturated heterocycles. The minimum absolute atomic E-state index is 0.641. The number of nitrogens with zero attached hydrogens (tertiary/aromatic N) is 1. The Morgan fingerprint density at radius 3 is 2.73 bits per heavy atom. The number of aliphatic carboxylic acids is 1. The van der Waals surface area contributed by atoms with Crippen molar-refractivity contribution in [2.75, 3.05) is 14.1 Å². The van der Waals surface area contributed by atoms with Gasteiger partial charge in [-0.25, -0.2) is 0 Å². The van der Waals surface area contributed by atoms with Crippen molar-refractivity contribution in [3.63, 3.8) is 0 Å². The summed E-state index contributed by atoms with van der Waals surface area (Å²) < 4.78 is 0. The molecule has 1 unspecified atom stereocenters. The highest BCUT2D eigenvalue weighted by atomic mass is 16.4. The van der Waals surface area contributed by atoms with Gasteiger partial charge in [-0.1, -0.05) is 24.3 Å². The van der Waals surface area contributed by atoms with Gasteiger partial charge in [-0.3, -0.25) is 4.79 Å². The third-order valence-corrected chi connectivity index (χ3v) is 2.08. The van der Waals surface area contributed by atoms with E-state index >= 15 is 0 Å². The van der Waals surface area contributed by atoms with Crippen molar-refractivity contribution in [3.8, 4) is 0 Å². The van der Waals surface area contributed by atoms with Gasteiger partial charge in [0.2, 0.25) is 0 Å². The Bertz CT molecular complexity index is 350. The summed E-state index contributed by atoms with van der Waals surface area (Å²) >= 11 is 0. The van der Waals surface area contributed by atoms with E-state index in [0.717, 1.165) is 12.1 Å². The molecule has 0 aromatic heterocycles. The predicted octanol–water partition coefficient (Wildman–Crippen LogP) is 0.833. The molecule has 0 bridgehead atoms. The largest absolute Gasteiger partial charge is 0.480 e. The van der Waals surface area contributed by atoms with Crippen LogP contribution in [0.5, 0.6) is 0 Å². The molecule has 82 valence electrons. The van der Waals surface area contributed by atoms with Crippen LogP contribution in [0, 0.1) is 0 Å². The van der Waals surface area contributed by atoms with Crippen molar-refractivity contribution in [3.05, 3.63) is 35.4 Å². The van der Waals surface area contributed by atoms with Crippen molar-refractivity contribution >= 4 is 5.97 Å². The quantitative estimate of drug-likeness (QED) is 0.769. The fourth-order valence-electron chi connectivity index (χ4n) is 1.39. The van der Waals surface area contributed by atoms with E-state index in [-0.39, 0.29) is 0 Å². The number of nitrogens with two attached hydrogens (primary N) is 1. The molecule has 0 aliphatic rings. The lowest BCUT2D eigenvalue weighted by Gasteiger charge is -2.12. The number of carbonyl (C=O) groups is 1. The van der Waals surface area contributed by atoms with Crippen molar-refractivity contribution in [1.82, 2.24) is 4.90 Å². The van der Waals surface area contributed by atoms with Crippen LogP contribution in [-0.2, 0) is 11.3 Å². The first-order valence-corrected chi connectivity index (χ1v) is 4.72. The summed E-state index contributed by atoms with van der Waals surface area (Å²) in [6, 6.07) is 6.42. The van der Waals surface area contributed by atoms with Crippen LogP contribution in [0.25, 0.3) is 0 Å². The smallest absolute Gasteiger partial charge is 0.325 e. The summed E-state index contributed by atoms with van der Waals surface area (Å²) in [6.45, 7) is 0.778. The molecule has 15 heavy (non-hydrogen) atoms. The average Bonchev–Trinajstić information content (AvgIpc) is 2.16. The number of hydrogen-bond acceptors (Lipinski definition) is 3. The third kappa shape index (κ3) is 3.34. The monoisotopic (exact) mass is 208 g/mol. The zero-order valence-electron chi connectivity index (χ0n) is 8.97. The Hall–Kier alpha value is -1.39. The highest BCUT2D eigenvalue weighted by Crippen LogP contribution is 2.13. The van der Waals surface area contributed by atoms with Gasteiger partial charge in [-0.05, 0) is 25.2 Å². The third-order valence-electron chi connectivity index (χ3n) is 2.08. The molecule has 0 heterocycles. The lowest BCUT2D eigenvalue weighted by atomic mass is 10.0. The normalized spacial score (nSPS) is 12.8. The standard InChI is InChI=1S/C11H16N2O2/c1-13(2)7-8-4-3-5-9(6-8)10(12)11(14)15/h3-6,10H,7,12H2,1-2H3,(H,14,15). The summed E-state index contributed by atoms with van der Waals surface area (Å²) in [4.78, 5) is 12.7. The summed E-state index contributed by atoms with van der Waals surface area (Å²) in [5.41, 5.74) is 7.23. The molecule has 0 spiro atoms. The van der Waals surface area contributed by atoms with Gasteiger partial charge in [0.15, 0.2) is 0 Å². The molecule has 0 aliphatic carbocycles. The number of carboxylic acid groups (broad SMARTS) is 1. The van der Waals surface area contributed by atoms with Gasteiger partial charge in [0, 0.05) is 6.54 Å². The van der Waals surface area contributed by atoms with Gasteiger partial charge in [0.1, 0.15) is 6.04 Å². The highest BCUT2D eigenvalue weighted by Gasteiger charge is 2.13. The molecular formula is C11H16N2O2. The first kappa shape index (κ1) is 11.7. The van der Waals surface area contributed by atoms with Crippen molar-refractivity contribution < 1.29 is 9.90 Å². The molecule has 4 nitrogen and oxygen atoms in total. The lowest BCUT2D eigenvalue weighted by molar-refractivity contribution is -0.138. The molecule has 4 heteroatoms. The SMILES string of the molecule is CN(C)Cc1cccc(C(N)C(=O)O)c1. The molecule has 0 radical (unpaired) electrons. The highest BCUT2D eigenvalue weighted by molar-refractivity contribution is 5.75. The van der Waals surface area contributed by atoms with Gasteiger partial charge in [0.05, 0.1) is 0 Å². The lowest BCUT2D eigenvalue weighted by Crippen LogP contribution is -2.21. The molecule has 0 aliphatic heterocycles. The van der Waals surface area contributed by atoms with Crippen LogP contribution >= 0.6 is 0 Å². The maximum absolute atomic E-state index is 10.7. The van der Waals surface area contributed by atoms with Gasteiger partial charge >= 0.3 is 5.97 Å². The summed E-state index contributed by atoms with van der Waals surface area (Å²) in [6.07, 6.45) is 0. The molecule has 0 fully saturated rings. The van der Waals surface area contributed by atoms with Gasteiger partial charge in [-0.2, -0.15) is 0 Å². The Kier molecular flexibility index (Phi) is 3.82. The Morgan fingerprint density at radius 1 is 1.53 bits per heavy atom. The molecule has 1 aromatic rings.